The normalized spacial score (nSPS) is 10.6. The lowest BCUT2D eigenvalue weighted by Crippen LogP contribution is -2.26. The lowest BCUT2D eigenvalue weighted by Gasteiger charge is -2.11. The zero-order chi connectivity index (χ0) is 14.9. The molecule has 1 aromatic heterocycles. The monoisotopic (exact) mass is 403 g/mol. The van der Waals surface area contributed by atoms with Crippen LogP contribution < -0.4 is 11.3 Å². The number of nitrogens with two attached hydrogens (primary N) is 1. The maximum atomic E-state index is 12.1. The van der Waals surface area contributed by atoms with Crippen LogP contribution in [-0.4, -0.2) is 15.5 Å². The second kappa shape index (κ2) is 5.92. The van der Waals surface area contributed by atoms with E-state index in [1.807, 2.05) is 22.6 Å². The molecule has 5 nitrogen and oxygen atoms in total. The van der Waals surface area contributed by atoms with E-state index in [4.69, 9.17) is 17.3 Å². The van der Waals surface area contributed by atoms with Crippen LogP contribution in [0.5, 0.6) is 0 Å². The molecule has 0 atom stereocenters. The molecule has 1 aromatic carbocycles. The van der Waals surface area contributed by atoms with Gasteiger partial charge in [-0.05, 0) is 47.2 Å². The first kappa shape index (κ1) is 15.0. The van der Waals surface area contributed by atoms with Gasteiger partial charge in [-0.25, -0.2) is 4.98 Å². The van der Waals surface area contributed by atoms with Crippen molar-refractivity contribution >= 4 is 40.1 Å². The number of aryl methyl sites for hydroxylation is 1. The van der Waals surface area contributed by atoms with Crippen LogP contribution in [0, 0.1) is 10.5 Å². The molecule has 0 bridgehead atoms. The number of hydrogen-bond donors (Lipinski definition) is 1. The first-order valence-corrected chi connectivity index (χ1v) is 7.16. The number of carbonyl (C=O) groups excluding carboxylic acids is 1. The van der Waals surface area contributed by atoms with E-state index < -0.39 is 5.91 Å². The summed E-state index contributed by atoms with van der Waals surface area (Å²) in [5, 5.41) is 0.395. The molecule has 0 aliphatic rings. The van der Waals surface area contributed by atoms with Gasteiger partial charge >= 0.3 is 0 Å². The highest BCUT2D eigenvalue weighted by Gasteiger charge is 2.10. The fraction of sp³-hybridized carbons (Fsp3) is 0.154. The Hall–Kier alpha value is -1.41. The Morgan fingerprint density at radius 2 is 2.20 bits per heavy atom. The van der Waals surface area contributed by atoms with Crippen LogP contribution in [0.2, 0.25) is 5.02 Å². The van der Waals surface area contributed by atoms with Gasteiger partial charge in [0.15, 0.2) is 0 Å². The molecule has 0 saturated carbocycles. The highest BCUT2D eigenvalue weighted by atomic mass is 127. The van der Waals surface area contributed by atoms with Crippen molar-refractivity contribution in [2.24, 2.45) is 5.73 Å². The van der Waals surface area contributed by atoms with Crippen LogP contribution in [0.1, 0.15) is 21.7 Å². The number of amides is 1. The quantitative estimate of drug-likeness (QED) is 0.796. The zero-order valence-electron chi connectivity index (χ0n) is 10.6. The van der Waals surface area contributed by atoms with E-state index in [9.17, 15) is 9.59 Å². The average molecular weight is 404 g/mol. The van der Waals surface area contributed by atoms with Gasteiger partial charge in [0.2, 0.25) is 5.91 Å². The smallest absolute Gasteiger partial charge is 0.267 e. The van der Waals surface area contributed by atoms with Crippen LogP contribution in [-0.2, 0) is 6.54 Å². The molecule has 104 valence electrons. The first-order valence-electron chi connectivity index (χ1n) is 5.70. The number of aromatic nitrogens is 2. The molecular weight excluding hydrogens is 393 g/mol. The van der Waals surface area contributed by atoms with Crippen molar-refractivity contribution in [3.63, 3.8) is 0 Å². The van der Waals surface area contributed by atoms with Crippen LogP contribution in [0.3, 0.4) is 0 Å². The van der Waals surface area contributed by atoms with Gasteiger partial charge in [-0.15, -0.1) is 0 Å². The molecule has 7 heteroatoms. The van der Waals surface area contributed by atoms with Crippen molar-refractivity contribution in [2.45, 2.75) is 13.5 Å². The lowest BCUT2D eigenvalue weighted by atomic mass is 10.1. The summed E-state index contributed by atoms with van der Waals surface area (Å²) < 4.78 is 2.07. The van der Waals surface area contributed by atoms with Gasteiger partial charge in [0, 0.05) is 16.8 Å². The Bertz CT molecular complexity index is 743. The van der Waals surface area contributed by atoms with Crippen molar-refractivity contribution < 1.29 is 4.79 Å². The summed E-state index contributed by atoms with van der Waals surface area (Å²) in [6.45, 7) is 2.05. The van der Waals surface area contributed by atoms with Crippen LogP contribution >= 0.6 is 34.2 Å². The molecule has 2 N–H and O–H groups in total. The molecule has 0 spiro atoms. The van der Waals surface area contributed by atoms with Crippen molar-refractivity contribution in [1.29, 1.82) is 0 Å². The Morgan fingerprint density at radius 1 is 1.50 bits per heavy atom. The highest BCUT2D eigenvalue weighted by molar-refractivity contribution is 14.1. The standard InChI is InChI=1S/C13H11ClIN3O2/c1-7-17-5-11(15)13(20)18(7)6-9-3-2-8(12(16)19)4-10(9)14/h2-5H,6H2,1H3,(H2,16,19). The molecule has 0 fully saturated rings. The molecule has 0 saturated heterocycles. The Kier molecular flexibility index (Phi) is 4.44. The van der Waals surface area contributed by atoms with E-state index in [1.54, 1.807) is 19.1 Å². The van der Waals surface area contributed by atoms with E-state index >= 15 is 0 Å². The minimum atomic E-state index is -0.539. The number of rotatable bonds is 3. The van der Waals surface area contributed by atoms with E-state index in [-0.39, 0.29) is 5.56 Å². The second-order valence-corrected chi connectivity index (χ2v) is 5.78. The summed E-state index contributed by atoms with van der Waals surface area (Å²) in [7, 11) is 0. The Balaban J connectivity index is 2.43. The molecule has 0 aliphatic heterocycles. The van der Waals surface area contributed by atoms with Crippen LogP contribution in [0.4, 0.5) is 0 Å². The van der Waals surface area contributed by atoms with Gasteiger partial charge in [-0.2, -0.15) is 0 Å². The molecule has 1 heterocycles. The number of hydrogen-bond acceptors (Lipinski definition) is 3. The summed E-state index contributed by atoms with van der Waals surface area (Å²) in [6, 6.07) is 4.78. The van der Waals surface area contributed by atoms with E-state index in [2.05, 4.69) is 4.98 Å². The largest absolute Gasteiger partial charge is 0.366 e. The third-order valence-electron chi connectivity index (χ3n) is 2.87. The Labute approximate surface area is 133 Å². The van der Waals surface area contributed by atoms with Gasteiger partial charge < -0.3 is 5.73 Å². The van der Waals surface area contributed by atoms with E-state index in [0.717, 1.165) is 5.56 Å². The maximum absolute atomic E-state index is 12.1. The molecular formula is C13H11ClIN3O2. The van der Waals surface area contributed by atoms with Crippen molar-refractivity contribution in [3.05, 3.63) is 60.3 Å². The van der Waals surface area contributed by atoms with Gasteiger partial charge in [0.25, 0.3) is 5.56 Å². The van der Waals surface area contributed by atoms with Gasteiger partial charge in [-0.1, -0.05) is 17.7 Å². The topological polar surface area (TPSA) is 78.0 Å². The molecule has 0 radical (unpaired) electrons. The van der Waals surface area contributed by atoms with Crippen molar-refractivity contribution in [1.82, 2.24) is 9.55 Å². The number of carbonyl (C=O) groups is 1. The Morgan fingerprint density at radius 3 is 2.80 bits per heavy atom. The third-order valence-corrected chi connectivity index (χ3v) is 3.96. The molecule has 1 amide bonds. The second-order valence-electron chi connectivity index (χ2n) is 4.22. The molecule has 20 heavy (non-hydrogen) atoms. The van der Waals surface area contributed by atoms with Crippen LogP contribution in [0.25, 0.3) is 0 Å². The number of nitrogens with zero attached hydrogens (tertiary/aromatic N) is 2. The van der Waals surface area contributed by atoms with E-state index in [0.29, 0.717) is 26.5 Å². The summed E-state index contributed by atoms with van der Waals surface area (Å²) in [4.78, 5) is 27.3. The summed E-state index contributed by atoms with van der Waals surface area (Å²) in [5.74, 6) is 0.0631. The molecule has 2 rings (SSSR count). The maximum Gasteiger partial charge on any atom is 0.267 e. The lowest BCUT2D eigenvalue weighted by molar-refractivity contribution is 0.100. The molecule has 0 unspecified atom stereocenters. The number of primary amides is 1. The SMILES string of the molecule is Cc1ncc(I)c(=O)n1Cc1ccc(C(N)=O)cc1Cl. The van der Waals surface area contributed by atoms with Crippen molar-refractivity contribution in [3.8, 4) is 0 Å². The predicted octanol–water partition coefficient (Wildman–Crippen LogP) is 1.96. The van der Waals surface area contributed by atoms with Gasteiger partial charge in [0.1, 0.15) is 5.82 Å². The third kappa shape index (κ3) is 3.01. The summed E-state index contributed by atoms with van der Waals surface area (Å²) in [5.41, 5.74) is 6.14. The fourth-order valence-electron chi connectivity index (χ4n) is 1.74. The number of halogens is 2. The predicted molar refractivity (Wildman–Crippen MR) is 85.0 cm³/mol. The van der Waals surface area contributed by atoms with Crippen molar-refractivity contribution in [2.75, 3.05) is 0 Å². The average Bonchev–Trinajstić information content (AvgIpc) is 2.40. The van der Waals surface area contributed by atoms with Gasteiger partial charge in [-0.3, -0.25) is 14.2 Å². The minimum Gasteiger partial charge on any atom is -0.366 e. The van der Waals surface area contributed by atoms with Crippen LogP contribution in [0.15, 0.2) is 29.2 Å². The fourth-order valence-corrected chi connectivity index (χ4v) is 2.41. The minimum absolute atomic E-state index is 0.117. The summed E-state index contributed by atoms with van der Waals surface area (Å²) >= 11 is 8.06. The summed E-state index contributed by atoms with van der Waals surface area (Å²) in [6.07, 6.45) is 1.53. The first-order chi connectivity index (χ1) is 9.40. The molecule has 2 aromatic rings. The van der Waals surface area contributed by atoms with Gasteiger partial charge in [0.05, 0.1) is 10.1 Å². The number of benzene rings is 1. The zero-order valence-corrected chi connectivity index (χ0v) is 13.5. The van der Waals surface area contributed by atoms with E-state index in [1.165, 1.54) is 16.8 Å². The highest BCUT2D eigenvalue weighted by Crippen LogP contribution is 2.19. The molecule has 0 aliphatic carbocycles.